The molecule has 0 heterocycles. The molecule has 0 atom stereocenters. The Kier molecular flexibility index (Phi) is 4.27. The molecule has 0 radical (unpaired) electrons. The molecule has 108 valence electrons. The first kappa shape index (κ1) is 14.4. The minimum Gasteiger partial charge on any atom is -0.480 e. The minimum atomic E-state index is -0.979. The van der Waals surface area contributed by atoms with E-state index >= 15 is 0 Å². The molecule has 1 aromatic rings. The van der Waals surface area contributed by atoms with Crippen LogP contribution in [0.3, 0.4) is 0 Å². The van der Waals surface area contributed by atoms with E-state index in [1.165, 1.54) is 4.90 Å². The highest BCUT2D eigenvalue weighted by Crippen LogP contribution is 2.28. The Labute approximate surface area is 118 Å². The summed E-state index contributed by atoms with van der Waals surface area (Å²) >= 11 is 0. The van der Waals surface area contributed by atoms with Gasteiger partial charge in [0.1, 0.15) is 6.54 Å². The van der Waals surface area contributed by atoms with Crippen molar-refractivity contribution in [2.75, 3.05) is 11.9 Å². The second kappa shape index (κ2) is 5.94. The first-order valence-corrected chi connectivity index (χ1v) is 6.90. The number of hydrogen-bond acceptors (Lipinski definition) is 2. The van der Waals surface area contributed by atoms with Crippen molar-refractivity contribution in [3.63, 3.8) is 0 Å². The summed E-state index contributed by atoms with van der Waals surface area (Å²) in [5.74, 6) is -0.979. The van der Waals surface area contributed by atoms with Gasteiger partial charge in [0.2, 0.25) is 0 Å². The van der Waals surface area contributed by atoms with E-state index < -0.39 is 5.97 Å². The van der Waals surface area contributed by atoms with Crippen LogP contribution in [-0.4, -0.2) is 34.6 Å². The van der Waals surface area contributed by atoms with Crippen molar-refractivity contribution < 1.29 is 14.7 Å². The molecule has 2 N–H and O–H groups in total. The number of aliphatic carboxylic acids is 1. The van der Waals surface area contributed by atoms with Crippen molar-refractivity contribution in [1.29, 1.82) is 0 Å². The summed E-state index contributed by atoms with van der Waals surface area (Å²) in [5, 5.41) is 11.8. The maximum atomic E-state index is 12.3. The average Bonchev–Trinajstić information content (AvgIpc) is 3.22. The number of nitrogens with zero attached hydrogens (tertiary/aromatic N) is 1. The molecule has 2 rings (SSSR count). The molecule has 0 aliphatic heterocycles. The van der Waals surface area contributed by atoms with E-state index in [1.54, 1.807) is 0 Å². The fourth-order valence-corrected chi connectivity index (χ4v) is 2.28. The van der Waals surface area contributed by atoms with Gasteiger partial charge in [0, 0.05) is 11.7 Å². The van der Waals surface area contributed by atoms with Crippen LogP contribution in [0, 0.1) is 6.92 Å². The number of para-hydroxylation sites is 1. The number of carbonyl (C=O) groups is 2. The van der Waals surface area contributed by atoms with Gasteiger partial charge in [-0.2, -0.15) is 0 Å². The number of amides is 2. The van der Waals surface area contributed by atoms with Crippen LogP contribution in [0.4, 0.5) is 10.5 Å². The zero-order valence-corrected chi connectivity index (χ0v) is 11.8. The van der Waals surface area contributed by atoms with Crippen LogP contribution < -0.4 is 5.32 Å². The highest BCUT2D eigenvalue weighted by molar-refractivity contribution is 5.93. The van der Waals surface area contributed by atoms with Gasteiger partial charge in [0.05, 0.1) is 0 Å². The SMILES string of the molecule is CCc1cccc(C)c1NC(=O)N(CC(=O)O)C1CC1. The largest absolute Gasteiger partial charge is 0.480 e. The van der Waals surface area contributed by atoms with E-state index in [0.717, 1.165) is 36.1 Å². The molecule has 2 amide bonds. The molecule has 0 saturated heterocycles. The Morgan fingerprint density at radius 3 is 2.65 bits per heavy atom. The molecule has 1 fully saturated rings. The number of urea groups is 1. The number of carbonyl (C=O) groups excluding carboxylic acids is 1. The highest BCUT2D eigenvalue weighted by Gasteiger charge is 2.34. The molecule has 0 spiro atoms. The standard InChI is InChI=1S/C15H20N2O3/c1-3-11-6-4-5-10(2)14(11)16-15(20)17(9-13(18)19)12-7-8-12/h4-6,12H,3,7-9H2,1-2H3,(H,16,20)(H,18,19). The van der Waals surface area contributed by atoms with Crippen LogP contribution in [0.1, 0.15) is 30.9 Å². The summed E-state index contributed by atoms with van der Waals surface area (Å²) in [4.78, 5) is 24.6. The van der Waals surface area contributed by atoms with E-state index in [-0.39, 0.29) is 18.6 Å². The monoisotopic (exact) mass is 276 g/mol. The second-order valence-electron chi connectivity index (χ2n) is 5.15. The Hall–Kier alpha value is -2.04. The number of carboxylic acids is 1. The smallest absolute Gasteiger partial charge is 0.323 e. The number of carboxylic acid groups (broad SMARTS) is 1. The summed E-state index contributed by atoms with van der Waals surface area (Å²) in [5.41, 5.74) is 2.85. The van der Waals surface area contributed by atoms with Gasteiger partial charge in [0.25, 0.3) is 0 Å². The van der Waals surface area contributed by atoms with Crippen LogP contribution in [0.25, 0.3) is 0 Å². The molecular formula is C15H20N2O3. The molecule has 20 heavy (non-hydrogen) atoms. The van der Waals surface area contributed by atoms with Crippen molar-refractivity contribution in [2.24, 2.45) is 0 Å². The lowest BCUT2D eigenvalue weighted by Crippen LogP contribution is -2.40. The number of aryl methyl sites for hydroxylation is 2. The van der Waals surface area contributed by atoms with E-state index in [9.17, 15) is 9.59 Å². The summed E-state index contributed by atoms with van der Waals surface area (Å²) < 4.78 is 0. The third-order valence-electron chi connectivity index (χ3n) is 3.53. The van der Waals surface area contributed by atoms with Gasteiger partial charge in [-0.05, 0) is 37.3 Å². The number of rotatable bonds is 5. The topological polar surface area (TPSA) is 69.6 Å². The minimum absolute atomic E-state index is 0.0696. The van der Waals surface area contributed by atoms with E-state index in [0.29, 0.717) is 0 Å². The van der Waals surface area contributed by atoms with Crippen molar-refractivity contribution in [1.82, 2.24) is 4.90 Å². The molecule has 1 aliphatic carbocycles. The number of hydrogen-bond donors (Lipinski definition) is 2. The Morgan fingerprint density at radius 1 is 1.40 bits per heavy atom. The zero-order valence-electron chi connectivity index (χ0n) is 11.8. The molecule has 1 saturated carbocycles. The van der Waals surface area contributed by atoms with E-state index in [1.807, 2.05) is 32.0 Å². The fourth-order valence-electron chi connectivity index (χ4n) is 2.28. The van der Waals surface area contributed by atoms with Gasteiger partial charge >= 0.3 is 12.0 Å². The fraction of sp³-hybridized carbons (Fsp3) is 0.467. The Morgan fingerprint density at radius 2 is 2.10 bits per heavy atom. The highest BCUT2D eigenvalue weighted by atomic mass is 16.4. The lowest BCUT2D eigenvalue weighted by atomic mass is 10.1. The van der Waals surface area contributed by atoms with Crippen molar-refractivity contribution in [3.05, 3.63) is 29.3 Å². The van der Waals surface area contributed by atoms with Gasteiger partial charge in [-0.3, -0.25) is 4.79 Å². The van der Waals surface area contributed by atoms with Gasteiger partial charge < -0.3 is 15.3 Å². The predicted molar refractivity (Wildman–Crippen MR) is 76.9 cm³/mol. The van der Waals surface area contributed by atoms with Crippen LogP contribution in [0.2, 0.25) is 0 Å². The zero-order chi connectivity index (χ0) is 14.7. The van der Waals surface area contributed by atoms with Gasteiger partial charge in [0.15, 0.2) is 0 Å². The quantitative estimate of drug-likeness (QED) is 0.868. The van der Waals surface area contributed by atoms with Gasteiger partial charge in [-0.15, -0.1) is 0 Å². The van der Waals surface area contributed by atoms with E-state index in [2.05, 4.69) is 5.32 Å². The lowest BCUT2D eigenvalue weighted by Gasteiger charge is -2.22. The summed E-state index contributed by atoms with van der Waals surface area (Å²) in [7, 11) is 0. The molecule has 0 aromatic heterocycles. The van der Waals surface area contributed by atoms with Crippen molar-refractivity contribution >= 4 is 17.7 Å². The molecular weight excluding hydrogens is 256 g/mol. The molecule has 1 aromatic carbocycles. The molecule has 5 heteroatoms. The molecule has 1 aliphatic rings. The van der Waals surface area contributed by atoms with Crippen LogP contribution in [0.5, 0.6) is 0 Å². The van der Waals surface area contributed by atoms with Crippen LogP contribution in [-0.2, 0) is 11.2 Å². The maximum Gasteiger partial charge on any atom is 0.323 e. The number of benzene rings is 1. The first-order chi connectivity index (χ1) is 9.52. The predicted octanol–water partition coefficient (Wildman–Crippen LogP) is 2.64. The molecule has 0 unspecified atom stereocenters. The lowest BCUT2D eigenvalue weighted by molar-refractivity contribution is -0.137. The normalized spacial score (nSPS) is 13.9. The third-order valence-corrected chi connectivity index (χ3v) is 3.53. The molecule has 5 nitrogen and oxygen atoms in total. The molecule has 0 bridgehead atoms. The van der Waals surface area contributed by atoms with Gasteiger partial charge in [-0.1, -0.05) is 25.1 Å². The van der Waals surface area contributed by atoms with E-state index in [4.69, 9.17) is 5.11 Å². The second-order valence-corrected chi connectivity index (χ2v) is 5.15. The Bertz CT molecular complexity index is 524. The first-order valence-electron chi connectivity index (χ1n) is 6.90. The number of anilines is 1. The van der Waals surface area contributed by atoms with Crippen molar-refractivity contribution in [2.45, 2.75) is 39.2 Å². The summed E-state index contributed by atoms with van der Waals surface area (Å²) in [6.45, 7) is 3.72. The van der Waals surface area contributed by atoms with Gasteiger partial charge in [-0.25, -0.2) is 4.79 Å². The summed E-state index contributed by atoms with van der Waals surface area (Å²) in [6, 6.07) is 5.62. The maximum absolute atomic E-state index is 12.3. The third kappa shape index (κ3) is 3.29. The Balaban J connectivity index is 2.15. The van der Waals surface area contributed by atoms with Crippen LogP contribution in [0.15, 0.2) is 18.2 Å². The number of nitrogens with one attached hydrogen (secondary N) is 1. The van der Waals surface area contributed by atoms with Crippen LogP contribution >= 0.6 is 0 Å². The average molecular weight is 276 g/mol. The summed E-state index contributed by atoms with van der Waals surface area (Å²) in [6.07, 6.45) is 2.59. The van der Waals surface area contributed by atoms with Crippen molar-refractivity contribution in [3.8, 4) is 0 Å².